The fraction of sp³-hybridized carbons (Fsp3) is 0.405. The van der Waals surface area contributed by atoms with Crippen molar-refractivity contribution in [3.05, 3.63) is 81.9 Å². The molecule has 1 amide bonds. The largest absolute Gasteiger partial charge is 0.481 e. The van der Waals surface area contributed by atoms with Gasteiger partial charge in [0.25, 0.3) is 11.5 Å². The Balaban J connectivity index is 1.41. The van der Waals surface area contributed by atoms with Gasteiger partial charge in [0.1, 0.15) is 18.8 Å². The predicted molar refractivity (Wildman–Crippen MR) is 219 cm³/mol. The van der Waals surface area contributed by atoms with Crippen molar-refractivity contribution in [3.63, 3.8) is 0 Å². The number of carbonyl (C=O) groups excluding carboxylic acids is 2. The van der Waals surface area contributed by atoms with E-state index in [0.29, 0.717) is 11.4 Å². The van der Waals surface area contributed by atoms with Crippen molar-refractivity contribution in [1.82, 2.24) is 25.3 Å². The Morgan fingerprint density at radius 1 is 0.885 bits per heavy atom. The van der Waals surface area contributed by atoms with Crippen molar-refractivity contribution in [2.75, 3.05) is 50.3 Å². The summed E-state index contributed by atoms with van der Waals surface area (Å²) in [7, 11) is -5.82. The Bertz CT molecular complexity index is 2200. The van der Waals surface area contributed by atoms with Crippen LogP contribution in [0.4, 0.5) is 17.3 Å². The number of anilines is 3. The lowest BCUT2D eigenvalue weighted by molar-refractivity contribution is -0.140. The van der Waals surface area contributed by atoms with Gasteiger partial charge in [-0.1, -0.05) is 12.1 Å². The van der Waals surface area contributed by atoms with E-state index in [1.54, 1.807) is 58.0 Å². The number of para-hydroxylation sites is 1. The molecule has 2 aromatic carbocycles. The standard InChI is InChI=1S/C37H47N7O15P2/c1-5-54-60(55-6-2)59-26(22-58-61(52,56-7-3)57-8-4)21-53-36(51)27-11-9-10-12-28(27)42-37-43-32-31(34(48)44-37)40-25(20-39-32)19-38-24-15-13-23(14-16-24)33(47)41-29(35(49)50)17-18-30(45)46/h9-16,20,26,29,38H,5-8,17-19,21-22H2,1-4H3,(H,41,47)(H,45,46)(H,49,50)(H2,39,42,43,44,48). The maximum absolute atomic E-state index is 13.4. The Labute approximate surface area is 350 Å². The van der Waals surface area contributed by atoms with E-state index in [2.05, 4.69) is 35.9 Å². The summed E-state index contributed by atoms with van der Waals surface area (Å²) in [6, 6.07) is 11.0. The number of hydrogen-bond donors (Lipinski definition) is 6. The average Bonchev–Trinajstić information content (AvgIpc) is 3.23. The molecule has 0 aliphatic rings. The van der Waals surface area contributed by atoms with E-state index in [4.69, 9.17) is 37.0 Å². The molecule has 4 aromatic rings. The molecular formula is C37H47N7O15P2. The van der Waals surface area contributed by atoms with Crippen LogP contribution in [0.2, 0.25) is 0 Å². The van der Waals surface area contributed by atoms with E-state index in [1.807, 2.05) is 0 Å². The van der Waals surface area contributed by atoms with Crippen LogP contribution in [0.5, 0.6) is 0 Å². The van der Waals surface area contributed by atoms with Gasteiger partial charge in [0.15, 0.2) is 11.2 Å². The van der Waals surface area contributed by atoms with Gasteiger partial charge in [-0.05, 0) is 70.5 Å². The van der Waals surface area contributed by atoms with E-state index in [-0.39, 0.29) is 86.5 Å². The summed E-state index contributed by atoms with van der Waals surface area (Å²) in [5.41, 5.74) is 0.700. The Morgan fingerprint density at radius 2 is 1.57 bits per heavy atom. The van der Waals surface area contributed by atoms with E-state index in [9.17, 15) is 33.6 Å². The minimum atomic E-state index is -3.94. The predicted octanol–water partition coefficient (Wildman–Crippen LogP) is 5.16. The van der Waals surface area contributed by atoms with Crippen molar-refractivity contribution < 1.29 is 65.8 Å². The number of benzene rings is 2. The van der Waals surface area contributed by atoms with E-state index in [1.165, 1.54) is 24.4 Å². The number of phosphoric acid groups is 1. The van der Waals surface area contributed by atoms with Gasteiger partial charge >= 0.3 is 34.3 Å². The molecule has 2 heterocycles. The Hall–Kier alpha value is -5.44. The summed E-state index contributed by atoms with van der Waals surface area (Å²) < 4.78 is 51.4. The zero-order valence-corrected chi connectivity index (χ0v) is 35.4. The molecule has 2 unspecified atom stereocenters. The number of phosphoric ester groups is 1. The molecule has 330 valence electrons. The van der Waals surface area contributed by atoms with Gasteiger partial charge in [-0.25, -0.2) is 24.1 Å². The Kier molecular flexibility index (Phi) is 19.1. The summed E-state index contributed by atoms with van der Waals surface area (Å²) in [6.07, 6.45) is -0.300. The van der Waals surface area contributed by atoms with Crippen molar-refractivity contribution in [1.29, 1.82) is 0 Å². The number of ether oxygens (including phenoxy) is 1. The van der Waals surface area contributed by atoms with E-state index >= 15 is 0 Å². The quantitative estimate of drug-likeness (QED) is 0.0333. The molecule has 22 nitrogen and oxygen atoms in total. The van der Waals surface area contributed by atoms with Crippen LogP contribution in [0, 0.1) is 0 Å². The molecule has 0 radical (unpaired) electrons. The number of esters is 1. The highest BCUT2D eigenvalue weighted by molar-refractivity contribution is 7.48. The number of nitrogens with one attached hydrogen (secondary N) is 4. The zero-order valence-electron chi connectivity index (χ0n) is 33.7. The second-order valence-electron chi connectivity index (χ2n) is 12.3. The van der Waals surface area contributed by atoms with Gasteiger partial charge in [0.2, 0.25) is 5.95 Å². The summed E-state index contributed by atoms with van der Waals surface area (Å²) in [4.78, 5) is 77.0. The van der Waals surface area contributed by atoms with Crippen molar-refractivity contribution in [2.45, 2.75) is 59.2 Å². The first-order valence-electron chi connectivity index (χ1n) is 18.9. The number of aromatic amines is 1. The maximum atomic E-state index is 13.4. The van der Waals surface area contributed by atoms with Crippen molar-refractivity contribution in [2.24, 2.45) is 0 Å². The third kappa shape index (κ3) is 15.2. The van der Waals surface area contributed by atoms with Gasteiger partial charge in [0.05, 0.1) is 62.7 Å². The fourth-order valence-electron chi connectivity index (χ4n) is 5.08. The first kappa shape index (κ1) is 48.2. The third-order valence-electron chi connectivity index (χ3n) is 7.84. The number of carboxylic acid groups (broad SMARTS) is 2. The molecule has 4 rings (SSSR count). The monoisotopic (exact) mass is 891 g/mol. The van der Waals surface area contributed by atoms with Gasteiger partial charge in [-0.15, -0.1) is 0 Å². The van der Waals surface area contributed by atoms with Crippen LogP contribution in [0.25, 0.3) is 11.2 Å². The first-order chi connectivity index (χ1) is 29.3. The number of H-pyrrole nitrogens is 1. The van der Waals surface area contributed by atoms with Crippen LogP contribution in [0.15, 0.2) is 59.5 Å². The minimum absolute atomic E-state index is 0.00456. The number of amides is 1. The zero-order chi connectivity index (χ0) is 44.4. The topological polar surface area (TPSA) is 298 Å². The number of nitrogens with zero attached hydrogens (tertiary/aromatic N) is 3. The lowest BCUT2D eigenvalue weighted by Crippen LogP contribution is -2.41. The molecule has 0 saturated carbocycles. The number of carboxylic acids is 2. The molecule has 0 fully saturated rings. The SMILES string of the molecule is CCOP(OCC)OC(COC(=O)c1ccccc1Nc1nc2ncc(CNc3ccc(C(=O)NC(CCC(=O)O)C(=O)O)cc3)nc2c(=O)[nH]1)COP(=O)(OCC)OCC. The molecule has 0 bridgehead atoms. The molecule has 0 aliphatic heterocycles. The minimum Gasteiger partial charge on any atom is -0.481 e. The number of fused-ring (bicyclic) bond motifs is 1. The number of aliphatic carboxylic acids is 2. The smallest absolute Gasteiger partial charge is 0.474 e. The van der Waals surface area contributed by atoms with Crippen LogP contribution in [0.3, 0.4) is 0 Å². The van der Waals surface area contributed by atoms with Crippen LogP contribution in [-0.2, 0) is 52.6 Å². The third-order valence-corrected chi connectivity index (χ3v) is 10.9. The number of rotatable bonds is 27. The number of hydrogen-bond acceptors (Lipinski definition) is 18. The summed E-state index contributed by atoms with van der Waals surface area (Å²) in [5, 5.41) is 26.5. The summed E-state index contributed by atoms with van der Waals surface area (Å²) >= 11 is 0. The van der Waals surface area contributed by atoms with Gasteiger partial charge in [0, 0.05) is 17.7 Å². The van der Waals surface area contributed by atoms with E-state index in [0.717, 1.165) is 0 Å². The molecule has 2 aromatic heterocycles. The van der Waals surface area contributed by atoms with Gasteiger partial charge in [-0.3, -0.25) is 32.9 Å². The molecular weight excluding hydrogens is 844 g/mol. The second kappa shape index (κ2) is 24.1. The summed E-state index contributed by atoms with van der Waals surface area (Å²) in [5.74, 6) is -4.05. The molecule has 2 atom stereocenters. The van der Waals surface area contributed by atoms with Gasteiger partial charge < -0.3 is 44.5 Å². The van der Waals surface area contributed by atoms with Crippen molar-refractivity contribution in [3.8, 4) is 0 Å². The first-order valence-corrected chi connectivity index (χ1v) is 21.5. The number of aromatic nitrogens is 4. The van der Waals surface area contributed by atoms with Crippen LogP contribution in [0.1, 0.15) is 66.9 Å². The lowest BCUT2D eigenvalue weighted by atomic mass is 10.1. The highest BCUT2D eigenvalue weighted by atomic mass is 31.2. The van der Waals surface area contributed by atoms with Crippen LogP contribution < -0.4 is 21.5 Å². The normalized spacial score (nSPS) is 12.5. The molecule has 0 aliphatic carbocycles. The highest BCUT2D eigenvalue weighted by Gasteiger charge is 2.30. The van der Waals surface area contributed by atoms with Crippen molar-refractivity contribution >= 4 is 68.7 Å². The second-order valence-corrected chi connectivity index (χ2v) is 15.2. The summed E-state index contributed by atoms with van der Waals surface area (Å²) in [6.45, 7) is 6.78. The molecule has 0 spiro atoms. The lowest BCUT2D eigenvalue weighted by Gasteiger charge is -2.24. The van der Waals surface area contributed by atoms with E-state index < -0.39 is 64.4 Å². The fourth-order valence-corrected chi connectivity index (χ4v) is 7.27. The molecule has 6 N–H and O–H groups in total. The number of carbonyl (C=O) groups is 4. The molecule has 61 heavy (non-hydrogen) atoms. The highest BCUT2D eigenvalue weighted by Crippen LogP contribution is 2.50. The molecule has 24 heteroatoms. The van der Waals surface area contributed by atoms with Crippen LogP contribution >= 0.6 is 16.4 Å². The van der Waals surface area contributed by atoms with Crippen LogP contribution in [-0.4, -0.2) is 106 Å². The Morgan fingerprint density at radius 3 is 2.21 bits per heavy atom. The maximum Gasteiger partial charge on any atom is 0.474 e. The average molecular weight is 892 g/mol. The van der Waals surface area contributed by atoms with Gasteiger partial charge in [-0.2, -0.15) is 4.98 Å². The molecule has 0 saturated heterocycles.